The van der Waals surface area contributed by atoms with Crippen molar-refractivity contribution < 1.29 is 71.7 Å². The zero-order valence-corrected chi connectivity index (χ0v) is 42.2. The number of likely N-dealkylation sites (N-methyl/N-ethyl adjacent to an activating group) is 1. The van der Waals surface area contributed by atoms with Gasteiger partial charge in [-0.25, -0.2) is 4.79 Å². The number of nitrogens with one attached hydrogen (secondary N) is 1. The first-order chi connectivity index (χ1) is 30.9. The fraction of sp³-hybridized carbons (Fsp3) is 0.771. The number of benzene rings is 1. The lowest BCUT2D eigenvalue weighted by atomic mass is 9.76. The molecule has 3 saturated heterocycles. The van der Waals surface area contributed by atoms with Gasteiger partial charge in [-0.15, -0.1) is 0 Å². The van der Waals surface area contributed by atoms with Crippen molar-refractivity contribution in [2.45, 2.75) is 193 Å². The summed E-state index contributed by atoms with van der Waals surface area (Å²) in [6.45, 7) is 19.7. The third-order valence-electron chi connectivity index (χ3n) is 14.3. The Hall–Kier alpha value is -3.10. The van der Waals surface area contributed by atoms with Crippen molar-refractivity contribution in [1.29, 1.82) is 0 Å². The van der Waals surface area contributed by atoms with Gasteiger partial charge < -0.3 is 57.4 Å². The molecule has 4 aliphatic rings. The Labute approximate surface area is 395 Å². The molecule has 4 aliphatic heterocycles. The molecule has 0 saturated carbocycles. The lowest BCUT2D eigenvalue weighted by molar-refractivity contribution is -0.319. The zero-order chi connectivity index (χ0) is 49.1. The molecule has 66 heavy (non-hydrogen) atoms. The highest BCUT2D eigenvalue weighted by Gasteiger charge is 2.59. The van der Waals surface area contributed by atoms with E-state index in [1.165, 1.54) is 14.0 Å². The number of aliphatic hydroxyl groups is 1. The van der Waals surface area contributed by atoms with Crippen LogP contribution in [-0.2, 0) is 68.4 Å². The molecule has 0 aromatic heterocycles. The lowest BCUT2D eigenvalue weighted by Crippen LogP contribution is -2.61. The van der Waals surface area contributed by atoms with E-state index in [4.69, 9.17) is 63.8 Å². The topological polar surface area (TPSA) is 188 Å². The first kappa shape index (κ1) is 53.8. The minimum absolute atomic E-state index is 0.0839. The molecule has 5 rings (SSSR count). The third kappa shape index (κ3) is 11.7. The number of nitrogens with zero attached hydrogens (tertiary/aromatic N) is 1. The van der Waals surface area contributed by atoms with Crippen molar-refractivity contribution in [2.75, 3.05) is 28.3 Å². The molecule has 0 unspecified atom stereocenters. The second-order valence-corrected chi connectivity index (χ2v) is 19.9. The Bertz CT molecular complexity index is 1870. The molecule has 17 nitrogen and oxygen atoms in total. The molecule has 374 valence electrons. The van der Waals surface area contributed by atoms with Crippen molar-refractivity contribution in [1.82, 2.24) is 10.4 Å². The number of aliphatic hydroxyl groups excluding tert-OH is 1. The largest absolute Gasteiger partial charge is 0.509 e. The molecular formula is C48H75ClN2O15. The van der Waals surface area contributed by atoms with Crippen LogP contribution in [0.3, 0.4) is 0 Å². The maximum atomic E-state index is 14.8. The van der Waals surface area contributed by atoms with E-state index in [2.05, 4.69) is 5.48 Å². The van der Waals surface area contributed by atoms with Crippen molar-refractivity contribution in [2.24, 2.45) is 17.8 Å². The van der Waals surface area contributed by atoms with Gasteiger partial charge >= 0.3 is 18.1 Å². The summed E-state index contributed by atoms with van der Waals surface area (Å²) in [6, 6.07) is 7.03. The Morgan fingerprint density at radius 2 is 1.62 bits per heavy atom. The average molecular weight is 956 g/mol. The second kappa shape index (κ2) is 22.1. The van der Waals surface area contributed by atoms with Gasteiger partial charge in [0.1, 0.15) is 18.8 Å². The molecular weight excluding hydrogens is 880 g/mol. The van der Waals surface area contributed by atoms with E-state index in [-0.39, 0.29) is 38.0 Å². The number of hydrogen-bond acceptors (Lipinski definition) is 17. The van der Waals surface area contributed by atoms with Gasteiger partial charge in [0.05, 0.1) is 47.6 Å². The summed E-state index contributed by atoms with van der Waals surface area (Å²) < 4.78 is 63.8. The molecule has 1 aromatic rings. The van der Waals surface area contributed by atoms with Crippen LogP contribution in [0.4, 0.5) is 4.79 Å². The highest BCUT2D eigenvalue weighted by Crippen LogP contribution is 2.45. The smallest absolute Gasteiger partial charge is 0.458 e. The first-order valence-electron chi connectivity index (χ1n) is 23.1. The Morgan fingerprint density at radius 1 is 0.955 bits per heavy atom. The van der Waals surface area contributed by atoms with Crippen LogP contribution in [0.25, 0.3) is 0 Å². The van der Waals surface area contributed by atoms with E-state index in [0.29, 0.717) is 17.1 Å². The number of carbonyl (C=O) groups is 3. The van der Waals surface area contributed by atoms with Gasteiger partial charge in [0.25, 0.3) is 0 Å². The molecule has 0 amide bonds. The summed E-state index contributed by atoms with van der Waals surface area (Å²) in [5.74, 6) is -3.55. The van der Waals surface area contributed by atoms with Crippen LogP contribution < -0.4 is 5.48 Å². The van der Waals surface area contributed by atoms with E-state index < -0.39 is 108 Å². The third-order valence-corrected chi connectivity index (χ3v) is 14.6. The summed E-state index contributed by atoms with van der Waals surface area (Å²) in [5, 5.41) is 11.7. The van der Waals surface area contributed by atoms with Gasteiger partial charge in [0, 0.05) is 56.5 Å². The SMILES string of the molecule is CC[C@H]1OC(=O)[C@H](C)[C@@H](O[C@H]2C[C@@](C)(OC)[C@@H](O)[C@H](C)O2)[C@H](C)[C@@H](O[C@@H]2O[C@H](C)C[C@H](N(C)C)[C@H]2OC(C)=O)[C@](C)(OC)C/C(C)=C(/NOCc2ccccc2Cl)[C@H](C)[C@H]2OC(=O)O[C@@]21C. The number of esters is 2. The number of methoxy groups -OCH3 is 2. The predicted molar refractivity (Wildman–Crippen MR) is 242 cm³/mol. The normalized spacial score (nSPS) is 41.5. The molecule has 4 heterocycles. The highest BCUT2D eigenvalue weighted by atomic mass is 35.5. The maximum absolute atomic E-state index is 14.8. The highest BCUT2D eigenvalue weighted by molar-refractivity contribution is 6.31. The van der Waals surface area contributed by atoms with Gasteiger partial charge in [-0.05, 0) is 92.6 Å². The van der Waals surface area contributed by atoms with Crippen LogP contribution in [0.5, 0.6) is 0 Å². The molecule has 0 radical (unpaired) electrons. The number of carbonyl (C=O) groups excluding carboxylic acids is 3. The van der Waals surface area contributed by atoms with Crippen LogP contribution in [0.1, 0.15) is 107 Å². The Kier molecular flexibility index (Phi) is 18.0. The van der Waals surface area contributed by atoms with Gasteiger partial charge in [-0.2, -0.15) is 0 Å². The zero-order valence-electron chi connectivity index (χ0n) is 41.4. The molecule has 0 aliphatic carbocycles. The van der Waals surface area contributed by atoms with E-state index in [1.807, 2.05) is 78.7 Å². The Morgan fingerprint density at radius 3 is 2.23 bits per heavy atom. The molecule has 0 bridgehead atoms. The fourth-order valence-electron chi connectivity index (χ4n) is 10.3. The van der Waals surface area contributed by atoms with E-state index in [0.717, 1.165) is 11.1 Å². The molecule has 2 N–H and O–H groups in total. The van der Waals surface area contributed by atoms with Gasteiger partial charge in [0.2, 0.25) is 0 Å². The lowest BCUT2D eigenvalue weighted by Gasteiger charge is -2.50. The molecule has 0 spiro atoms. The average Bonchev–Trinajstić information content (AvgIpc) is 3.58. The van der Waals surface area contributed by atoms with Crippen molar-refractivity contribution >= 4 is 29.7 Å². The summed E-state index contributed by atoms with van der Waals surface area (Å²) >= 11 is 6.52. The molecule has 18 heteroatoms. The molecule has 3 fully saturated rings. The van der Waals surface area contributed by atoms with Crippen LogP contribution in [0.2, 0.25) is 5.02 Å². The fourth-order valence-corrected chi connectivity index (χ4v) is 10.5. The van der Waals surface area contributed by atoms with Gasteiger partial charge in [-0.3, -0.25) is 19.9 Å². The van der Waals surface area contributed by atoms with Crippen molar-refractivity contribution in [3.63, 3.8) is 0 Å². The van der Waals surface area contributed by atoms with Crippen LogP contribution in [-0.4, -0.2) is 141 Å². The summed E-state index contributed by atoms with van der Waals surface area (Å²) in [4.78, 5) is 49.0. The number of rotatable bonds is 13. The number of cyclic esters (lactones) is 1. The minimum Gasteiger partial charge on any atom is -0.458 e. The van der Waals surface area contributed by atoms with Gasteiger partial charge in [0.15, 0.2) is 30.4 Å². The quantitative estimate of drug-likeness (QED) is 0.122. The summed E-state index contributed by atoms with van der Waals surface area (Å²) in [6.07, 6.45) is -8.72. The number of hydroxylamine groups is 1. The van der Waals surface area contributed by atoms with Crippen LogP contribution >= 0.6 is 11.6 Å². The minimum atomic E-state index is -1.46. The maximum Gasteiger partial charge on any atom is 0.509 e. The molecule has 17 atom stereocenters. The number of hydrogen-bond donors (Lipinski definition) is 2. The predicted octanol–water partition coefficient (Wildman–Crippen LogP) is 6.64. The standard InChI is InChI=1S/C48H75ClN2O15/c1-16-35-48(11)42(65-45(55)66-48)27(4)37(50-58-24-32-19-17-18-20-33(32)49)25(2)22-47(10,57-15)41(64-44-39(61-31(8)52)34(51(12)13)21-26(3)59-44)28(5)38(29(6)43(54)62-35)63-36-23-46(9,56-14)40(53)30(7)60-36/h17-20,26-30,34-36,38-42,44,50,53H,16,21-24H2,1-15H3/b37-25+/t26-,27+,28+,29-,30+,34+,35-,36+,38+,39-,40+,41-,42-,44+,46-,47-,48-/m1/s1. The van der Waals surface area contributed by atoms with Crippen molar-refractivity contribution in [3.8, 4) is 0 Å². The summed E-state index contributed by atoms with van der Waals surface area (Å²) in [7, 11) is 6.90. The monoisotopic (exact) mass is 954 g/mol. The number of ether oxygens (including phenoxy) is 10. The molecule has 1 aromatic carbocycles. The second-order valence-electron chi connectivity index (χ2n) is 19.5. The van der Waals surface area contributed by atoms with E-state index in [1.54, 1.807) is 40.9 Å². The number of halogens is 1. The van der Waals surface area contributed by atoms with E-state index >= 15 is 0 Å². The van der Waals surface area contributed by atoms with Crippen LogP contribution in [0, 0.1) is 17.8 Å². The van der Waals surface area contributed by atoms with Crippen LogP contribution in [0.15, 0.2) is 35.5 Å². The van der Waals surface area contributed by atoms with E-state index in [9.17, 15) is 19.5 Å². The Balaban J connectivity index is 1.72. The van der Waals surface area contributed by atoms with Crippen molar-refractivity contribution in [3.05, 3.63) is 46.1 Å². The number of fused-ring (bicyclic) bond motifs is 1. The van der Waals surface area contributed by atoms with Gasteiger partial charge in [-0.1, -0.05) is 50.6 Å². The summed E-state index contributed by atoms with van der Waals surface area (Å²) in [5.41, 5.74) is 1.41. The first-order valence-corrected chi connectivity index (χ1v) is 23.5.